The second kappa shape index (κ2) is 7.88. The van der Waals surface area contributed by atoms with Gasteiger partial charge in [-0.1, -0.05) is 47.0 Å². The van der Waals surface area contributed by atoms with Gasteiger partial charge in [0.05, 0.1) is 6.04 Å². The third-order valence-corrected chi connectivity index (χ3v) is 4.54. The molecule has 0 aromatic rings. The average molecular weight is 268 g/mol. The number of hydrogen-bond donors (Lipinski definition) is 1. The van der Waals surface area contributed by atoms with Crippen molar-refractivity contribution in [3.63, 3.8) is 0 Å². The van der Waals surface area contributed by atoms with E-state index in [1.165, 1.54) is 12.8 Å². The average Bonchev–Trinajstić information content (AvgIpc) is 2.90. The number of carbonyl (C=O) groups excluding carboxylic acids is 1. The van der Waals surface area contributed by atoms with E-state index in [2.05, 4.69) is 32.6 Å². The van der Waals surface area contributed by atoms with Crippen molar-refractivity contribution in [2.45, 2.75) is 78.3 Å². The molecule has 19 heavy (non-hydrogen) atoms. The minimum Gasteiger partial charge on any atom is -0.338 e. The van der Waals surface area contributed by atoms with E-state index in [9.17, 15) is 4.79 Å². The number of amides is 1. The molecule has 2 atom stereocenters. The predicted molar refractivity (Wildman–Crippen MR) is 80.9 cm³/mol. The molecule has 3 heteroatoms. The highest BCUT2D eigenvalue weighted by Gasteiger charge is 2.31. The van der Waals surface area contributed by atoms with Crippen molar-refractivity contribution in [1.82, 2.24) is 4.90 Å². The third-order valence-electron chi connectivity index (χ3n) is 4.54. The van der Waals surface area contributed by atoms with Gasteiger partial charge < -0.3 is 10.6 Å². The molecule has 1 saturated carbocycles. The highest BCUT2D eigenvalue weighted by atomic mass is 16.2. The first kappa shape index (κ1) is 16.5. The molecule has 0 saturated heterocycles. The van der Waals surface area contributed by atoms with Crippen LogP contribution >= 0.6 is 0 Å². The molecule has 1 amide bonds. The third kappa shape index (κ3) is 4.79. The van der Waals surface area contributed by atoms with Gasteiger partial charge >= 0.3 is 0 Å². The summed E-state index contributed by atoms with van der Waals surface area (Å²) in [4.78, 5) is 14.7. The molecule has 1 aliphatic rings. The molecule has 0 aliphatic heterocycles. The van der Waals surface area contributed by atoms with Crippen molar-refractivity contribution in [3.05, 3.63) is 0 Å². The Labute approximate surface area is 118 Å². The smallest absolute Gasteiger partial charge is 0.240 e. The van der Waals surface area contributed by atoms with E-state index < -0.39 is 0 Å². The molecule has 0 spiro atoms. The molecule has 1 fully saturated rings. The molecular formula is C16H32N2O. The topological polar surface area (TPSA) is 46.3 Å². The maximum absolute atomic E-state index is 12.6. The summed E-state index contributed by atoms with van der Waals surface area (Å²) in [5.74, 6) is 1.09. The predicted octanol–water partition coefficient (Wildman–Crippen LogP) is 3.18. The van der Waals surface area contributed by atoms with Crippen molar-refractivity contribution in [3.8, 4) is 0 Å². The molecular weight excluding hydrogens is 236 g/mol. The minimum absolute atomic E-state index is 0.182. The quantitative estimate of drug-likeness (QED) is 0.771. The summed E-state index contributed by atoms with van der Waals surface area (Å²) in [6.07, 6.45) is 6.89. The van der Waals surface area contributed by atoms with Gasteiger partial charge in [-0.25, -0.2) is 0 Å². The standard InChI is InChI=1S/C16H32N2O/c1-5-13(4)15(17)16(19)18(11-10-12(2)3)14-8-6-7-9-14/h12-15H,5-11,17H2,1-4H3. The Kier molecular flexibility index (Phi) is 6.84. The largest absolute Gasteiger partial charge is 0.338 e. The lowest BCUT2D eigenvalue weighted by Gasteiger charge is -2.33. The van der Waals surface area contributed by atoms with E-state index in [-0.39, 0.29) is 17.9 Å². The number of nitrogens with zero attached hydrogens (tertiary/aromatic N) is 1. The van der Waals surface area contributed by atoms with Crippen LogP contribution in [0.25, 0.3) is 0 Å². The van der Waals surface area contributed by atoms with Gasteiger partial charge in [0.2, 0.25) is 5.91 Å². The van der Waals surface area contributed by atoms with Crippen LogP contribution in [-0.2, 0) is 4.79 Å². The second-order valence-corrected chi connectivity index (χ2v) is 6.56. The summed E-state index contributed by atoms with van der Waals surface area (Å²) in [5.41, 5.74) is 6.15. The molecule has 112 valence electrons. The van der Waals surface area contributed by atoms with Crippen LogP contribution in [0.5, 0.6) is 0 Å². The van der Waals surface area contributed by atoms with Crippen LogP contribution in [0.1, 0.15) is 66.2 Å². The molecule has 2 N–H and O–H groups in total. The zero-order chi connectivity index (χ0) is 14.4. The van der Waals surface area contributed by atoms with Crippen molar-refractivity contribution in [2.24, 2.45) is 17.6 Å². The van der Waals surface area contributed by atoms with Gasteiger partial charge in [0, 0.05) is 12.6 Å². The maximum Gasteiger partial charge on any atom is 0.240 e. The molecule has 0 radical (unpaired) electrons. The summed E-state index contributed by atoms with van der Waals surface area (Å²) >= 11 is 0. The molecule has 3 nitrogen and oxygen atoms in total. The zero-order valence-corrected chi connectivity index (χ0v) is 13.2. The van der Waals surface area contributed by atoms with Crippen molar-refractivity contribution in [1.29, 1.82) is 0 Å². The van der Waals surface area contributed by atoms with Crippen LogP contribution in [0.2, 0.25) is 0 Å². The van der Waals surface area contributed by atoms with Gasteiger partial charge in [0.15, 0.2) is 0 Å². The first-order chi connectivity index (χ1) is 8.97. The summed E-state index contributed by atoms with van der Waals surface area (Å²) in [6, 6.07) is 0.124. The Bertz CT molecular complexity index is 272. The Morgan fingerprint density at radius 1 is 1.26 bits per heavy atom. The van der Waals surface area contributed by atoms with Crippen molar-refractivity contribution in [2.75, 3.05) is 6.54 Å². The van der Waals surface area contributed by atoms with Gasteiger partial charge in [-0.05, 0) is 31.1 Å². The molecule has 0 heterocycles. The molecule has 0 aromatic heterocycles. The number of rotatable bonds is 7. The van der Waals surface area contributed by atoms with Crippen LogP contribution in [0.15, 0.2) is 0 Å². The first-order valence-corrected chi connectivity index (χ1v) is 8.03. The lowest BCUT2D eigenvalue weighted by molar-refractivity contribution is -0.136. The summed E-state index contributed by atoms with van der Waals surface area (Å²) in [7, 11) is 0. The zero-order valence-electron chi connectivity index (χ0n) is 13.2. The van der Waals surface area contributed by atoms with Crippen LogP contribution in [0.4, 0.5) is 0 Å². The normalized spacial score (nSPS) is 19.7. The fourth-order valence-corrected chi connectivity index (χ4v) is 2.77. The fourth-order valence-electron chi connectivity index (χ4n) is 2.77. The lowest BCUT2D eigenvalue weighted by atomic mass is 9.97. The van der Waals surface area contributed by atoms with E-state index in [1.54, 1.807) is 0 Å². The Balaban J connectivity index is 2.68. The number of hydrogen-bond acceptors (Lipinski definition) is 2. The fraction of sp³-hybridized carbons (Fsp3) is 0.938. The van der Waals surface area contributed by atoms with Crippen LogP contribution < -0.4 is 5.73 Å². The molecule has 1 rings (SSSR count). The Morgan fingerprint density at radius 3 is 2.32 bits per heavy atom. The molecule has 0 aromatic carbocycles. The van der Waals surface area contributed by atoms with Gasteiger partial charge in [0.25, 0.3) is 0 Å². The van der Waals surface area contributed by atoms with E-state index in [0.29, 0.717) is 12.0 Å². The van der Waals surface area contributed by atoms with E-state index in [1.807, 2.05) is 0 Å². The Hall–Kier alpha value is -0.570. The second-order valence-electron chi connectivity index (χ2n) is 6.56. The molecule has 1 aliphatic carbocycles. The number of carbonyl (C=O) groups is 1. The van der Waals surface area contributed by atoms with E-state index in [4.69, 9.17) is 5.73 Å². The van der Waals surface area contributed by atoms with Crippen molar-refractivity contribution < 1.29 is 4.79 Å². The Morgan fingerprint density at radius 2 is 1.84 bits per heavy atom. The maximum atomic E-state index is 12.6. The molecule has 0 bridgehead atoms. The summed E-state index contributed by atoms with van der Waals surface area (Å²) in [6.45, 7) is 9.49. The monoisotopic (exact) mass is 268 g/mol. The SMILES string of the molecule is CCC(C)C(N)C(=O)N(CCC(C)C)C1CCCC1. The van der Waals surface area contributed by atoms with Crippen LogP contribution in [0.3, 0.4) is 0 Å². The molecule has 2 unspecified atom stereocenters. The van der Waals surface area contributed by atoms with E-state index >= 15 is 0 Å². The lowest BCUT2D eigenvalue weighted by Crippen LogP contribution is -2.50. The van der Waals surface area contributed by atoms with Gasteiger partial charge in [-0.3, -0.25) is 4.79 Å². The highest BCUT2D eigenvalue weighted by Crippen LogP contribution is 2.25. The minimum atomic E-state index is -0.322. The summed E-state index contributed by atoms with van der Waals surface area (Å²) < 4.78 is 0. The van der Waals surface area contributed by atoms with Crippen LogP contribution in [0, 0.1) is 11.8 Å². The van der Waals surface area contributed by atoms with Crippen LogP contribution in [-0.4, -0.2) is 29.4 Å². The number of nitrogens with two attached hydrogens (primary N) is 1. The first-order valence-electron chi connectivity index (χ1n) is 8.03. The van der Waals surface area contributed by atoms with Gasteiger partial charge in [-0.15, -0.1) is 0 Å². The van der Waals surface area contributed by atoms with E-state index in [0.717, 1.165) is 32.2 Å². The highest BCUT2D eigenvalue weighted by molar-refractivity contribution is 5.82. The van der Waals surface area contributed by atoms with Gasteiger partial charge in [-0.2, -0.15) is 0 Å². The van der Waals surface area contributed by atoms with Crippen molar-refractivity contribution >= 4 is 5.91 Å². The summed E-state index contributed by atoms with van der Waals surface area (Å²) in [5, 5.41) is 0. The van der Waals surface area contributed by atoms with Gasteiger partial charge in [0.1, 0.15) is 0 Å².